The van der Waals surface area contributed by atoms with Crippen molar-refractivity contribution < 1.29 is 0 Å². The Bertz CT molecular complexity index is 329. The van der Waals surface area contributed by atoms with Gasteiger partial charge in [0, 0.05) is 38.4 Å². The summed E-state index contributed by atoms with van der Waals surface area (Å²) in [5.74, 6) is 0. The molecule has 16 heavy (non-hydrogen) atoms. The van der Waals surface area contributed by atoms with Crippen molar-refractivity contribution >= 4 is 12.4 Å². The summed E-state index contributed by atoms with van der Waals surface area (Å²) >= 11 is 0. The second-order valence-electron chi connectivity index (χ2n) is 3.38. The van der Waals surface area contributed by atoms with Gasteiger partial charge in [-0.05, 0) is 6.42 Å². The van der Waals surface area contributed by atoms with Crippen molar-refractivity contribution in [2.24, 2.45) is 7.05 Å². The number of hydrogen-bond acceptors (Lipinski definition) is 2. The fourth-order valence-electron chi connectivity index (χ4n) is 1.09. The van der Waals surface area contributed by atoms with Crippen LogP contribution in [-0.2, 0) is 13.6 Å². The van der Waals surface area contributed by atoms with Crippen molar-refractivity contribution in [1.29, 1.82) is 0 Å². The lowest BCUT2D eigenvalue weighted by Crippen LogP contribution is -1.92. The number of halogens is 1. The Morgan fingerprint density at radius 3 is 2.12 bits per heavy atom. The van der Waals surface area contributed by atoms with E-state index in [0.29, 0.717) is 0 Å². The Labute approximate surface area is 103 Å². The van der Waals surface area contributed by atoms with Crippen LogP contribution in [0.25, 0.3) is 0 Å². The summed E-state index contributed by atoms with van der Waals surface area (Å²) in [6.07, 6.45) is 13.6. The van der Waals surface area contributed by atoms with E-state index in [4.69, 9.17) is 0 Å². The smallest absolute Gasteiger partial charge is 0.0945 e. The first-order valence-electron chi connectivity index (χ1n) is 5.20. The van der Waals surface area contributed by atoms with Gasteiger partial charge in [0.05, 0.1) is 12.7 Å². The molecule has 0 aromatic carbocycles. The van der Waals surface area contributed by atoms with Gasteiger partial charge in [-0.2, -0.15) is 0 Å². The Balaban J connectivity index is 0.000000283. The lowest BCUT2D eigenvalue weighted by molar-refractivity contribution is 0.631. The van der Waals surface area contributed by atoms with Crippen molar-refractivity contribution in [2.45, 2.75) is 26.3 Å². The molecule has 0 bridgehead atoms. The molecule has 90 valence electrons. The van der Waals surface area contributed by atoms with E-state index >= 15 is 0 Å². The highest BCUT2D eigenvalue weighted by molar-refractivity contribution is 5.85. The van der Waals surface area contributed by atoms with E-state index in [1.54, 1.807) is 12.5 Å². The van der Waals surface area contributed by atoms with Crippen LogP contribution < -0.4 is 0 Å². The van der Waals surface area contributed by atoms with E-state index < -0.39 is 0 Å². The number of imidazole rings is 2. The maximum Gasteiger partial charge on any atom is 0.0945 e. The zero-order chi connectivity index (χ0) is 10.9. The molecular formula is C11H19ClN4. The van der Waals surface area contributed by atoms with Gasteiger partial charge in [-0.25, -0.2) is 9.97 Å². The summed E-state index contributed by atoms with van der Waals surface area (Å²) in [4.78, 5) is 7.72. The highest BCUT2D eigenvalue weighted by Crippen LogP contribution is 1.92. The Morgan fingerprint density at radius 1 is 1.06 bits per heavy atom. The van der Waals surface area contributed by atoms with Gasteiger partial charge in [0.25, 0.3) is 0 Å². The van der Waals surface area contributed by atoms with Crippen LogP contribution in [0.15, 0.2) is 37.4 Å². The summed E-state index contributed by atoms with van der Waals surface area (Å²) in [5, 5.41) is 0. The molecule has 0 saturated heterocycles. The third-order valence-corrected chi connectivity index (χ3v) is 1.97. The van der Waals surface area contributed by atoms with Crippen LogP contribution in [0.5, 0.6) is 0 Å². The van der Waals surface area contributed by atoms with Gasteiger partial charge >= 0.3 is 0 Å². The molecule has 2 aromatic heterocycles. The zero-order valence-corrected chi connectivity index (χ0v) is 10.6. The first kappa shape index (κ1) is 14.7. The average Bonchev–Trinajstić information content (AvgIpc) is 2.88. The Kier molecular flexibility index (Phi) is 8.25. The topological polar surface area (TPSA) is 35.6 Å². The maximum atomic E-state index is 3.94. The van der Waals surface area contributed by atoms with E-state index in [9.17, 15) is 0 Å². The molecular weight excluding hydrogens is 224 g/mol. The fourth-order valence-corrected chi connectivity index (χ4v) is 1.09. The number of aromatic nitrogens is 4. The quantitative estimate of drug-likeness (QED) is 0.829. The van der Waals surface area contributed by atoms with Crippen LogP contribution in [0.1, 0.15) is 19.8 Å². The van der Waals surface area contributed by atoms with Crippen molar-refractivity contribution in [3.05, 3.63) is 37.4 Å². The van der Waals surface area contributed by atoms with Crippen LogP contribution in [0, 0.1) is 0 Å². The number of rotatable bonds is 3. The molecule has 0 unspecified atom stereocenters. The third-order valence-electron chi connectivity index (χ3n) is 1.97. The molecule has 0 fully saturated rings. The van der Waals surface area contributed by atoms with E-state index in [1.807, 2.05) is 36.5 Å². The summed E-state index contributed by atoms with van der Waals surface area (Å²) in [5.41, 5.74) is 0. The van der Waals surface area contributed by atoms with Crippen LogP contribution in [0.3, 0.4) is 0 Å². The van der Waals surface area contributed by atoms with Gasteiger partial charge in [-0.1, -0.05) is 13.3 Å². The molecule has 0 saturated carbocycles. The minimum atomic E-state index is 0. The van der Waals surface area contributed by atoms with E-state index in [0.717, 1.165) is 6.54 Å². The molecule has 5 heteroatoms. The zero-order valence-electron chi connectivity index (χ0n) is 9.78. The lowest BCUT2D eigenvalue weighted by atomic mass is 10.3. The summed E-state index contributed by atoms with van der Waals surface area (Å²) in [6, 6.07) is 0. The minimum Gasteiger partial charge on any atom is -0.341 e. The number of nitrogens with zero attached hydrogens (tertiary/aromatic N) is 4. The Morgan fingerprint density at radius 2 is 1.75 bits per heavy atom. The van der Waals surface area contributed by atoms with Crippen LogP contribution >= 0.6 is 12.4 Å². The van der Waals surface area contributed by atoms with Gasteiger partial charge in [0.15, 0.2) is 0 Å². The SMILES string of the molecule is CCCCn1ccnc1.Cl.Cn1ccnc1. The van der Waals surface area contributed by atoms with E-state index in [1.165, 1.54) is 12.8 Å². The minimum absolute atomic E-state index is 0. The van der Waals surface area contributed by atoms with Gasteiger partial charge in [-0.15, -0.1) is 12.4 Å². The second kappa shape index (κ2) is 8.97. The monoisotopic (exact) mass is 242 g/mol. The molecule has 2 rings (SSSR count). The molecule has 0 amide bonds. The van der Waals surface area contributed by atoms with Gasteiger partial charge < -0.3 is 9.13 Å². The molecule has 4 nitrogen and oxygen atoms in total. The number of aryl methyl sites for hydroxylation is 2. The molecule has 0 radical (unpaired) electrons. The number of hydrogen-bond donors (Lipinski definition) is 0. The van der Waals surface area contributed by atoms with Crippen LogP contribution in [0.4, 0.5) is 0 Å². The van der Waals surface area contributed by atoms with Gasteiger partial charge in [-0.3, -0.25) is 0 Å². The highest BCUT2D eigenvalue weighted by Gasteiger charge is 1.85. The molecule has 0 aliphatic heterocycles. The van der Waals surface area contributed by atoms with Crippen molar-refractivity contribution in [3.8, 4) is 0 Å². The molecule has 0 N–H and O–H groups in total. The van der Waals surface area contributed by atoms with E-state index in [2.05, 4.69) is 21.5 Å². The first-order valence-corrected chi connectivity index (χ1v) is 5.20. The third kappa shape index (κ3) is 6.24. The lowest BCUT2D eigenvalue weighted by Gasteiger charge is -1.96. The molecule has 0 aliphatic carbocycles. The summed E-state index contributed by atoms with van der Waals surface area (Å²) < 4.78 is 3.99. The largest absolute Gasteiger partial charge is 0.341 e. The predicted octanol–water partition coefficient (Wildman–Crippen LogP) is 2.53. The standard InChI is InChI=1S/C7H12N2.C4H6N2.ClH/c1-2-3-5-9-6-4-8-7-9;1-6-3-2-5-4-6;/h4,6-7H,2-3,5H2,1H3;2-4H,1H3;1H. The van der Waals surface area contributed by atoms with Gasteiger partial charge in [0.1, 0.15) is 0 Å². The van der Waals surface area contributed by atoms with Crippen LogP contribution in [0.2, 0.25) is 0 Å². The predicted molar refractivity (Wildman–Crippen MR) is 67.6 cm³/mol. The van der Waals surface area contributed by atoms with E-state index in [-0.39, 0.29) is 12.4 Å². The fraction of sp³-hybridized carbons (Fsp3) is 0.455. The molecule has 2 aromatic rings. The van der Waals surface area contributed by atoms with Crippen LogP contribution in [-0.4, -0.2) is 19.1 Å². The molecule has 0 aliphatic rings. The normalized spacial score (nSPS) is 8.88. The second-order valence-corrected chi connectivity index (χ2v) is 3.38. The molecule has 2 heterocycles. The molecule has 0 atom stereocenters. The molecule has 0 spiro atoms. The summed E-state index contributed by atoms with van der Waals surface area (Å²) in [7, 11) is 1.94. The first-order chi connectivity index (χ1) is 7.33. The van der Waals surface area contributed by atoms with Crippen molar-refractivity contribution in [3.63, 3.8) is 0 Å². The maximum absolute atomic E-state index is 3.94. The number of unbranched alkanes of at least 4 members (excludes halogenated alkanes) is 1. The van der Waals surface area contributed by atoms with Crippen molar-refractivity contribution in [2.75, 3.05) is 0 Å². The van der Waals surface area contributed by atoms with Gasteiger partial charge in [0.2, 0.25) is 0 Å². The summed E-state index contributed by atoms with van der Waals surface area (Å²) in [6.45, 7) is 3.30. The highest BCUT2D eigenvalue weighted by atomic mass is 35.5. The average molecular weight is 243 g/mol. The van der Waals surface area contributed by atoms with Crippen molar-refractivity contribution in [1.82, 2.24) is 19.1 Å². The Hall–Kier alpha value is -1.29.